The molecule has 0 saturated carbocycles. The number of nitrogens with zero attached hydrogens (tertiary/aromatic N) is 3. The SMILES string of the molecule is O=C(c1ccoc1)N1CCC[C@@H](N2CCN(Cc3ccc4c(c3)OCO4)CC2)C1. The molecule has 0 unspecified atom stereocenters. The molecule has 2 saturated heterocycles. The molecule has 1 aromatic heterocycles. The molecule has 1 amide bonds. The number of carbonyl (C=O) groups excluding carboxylic acids is 1. The summed E-state index contributed by atoms with van der Waals surface area (Å²) in [5.41, 5.74) is 1.91. The average Bonchev–Trinajstić information content (AvgIpc) is 3.46. The molecule has 2 aromatic rings. The van der Waals surface area contributed by atoms with Crippen LogP contribution in [0.15, 0.2) is 41.2 Å². The summed E-state index contributed by atoms with van der Waals surface area (Å²) in [5.74, 6) is 1.78. The second-order valence-corrected chi connectivity index (χ2v) is 8.06. The molecule has 0 aliphatic carbocycles. The summed E-state index contributed by atoms with van der Waals surface area (Å²) in [7, 11) is 0. The van der Waals surface area contributed by atoms with E-state index < -0.39 is 0 Å². The summed E-state index contributed by atoms with van der Waals surface area (Å²) in [4.78, 5) is 19.7. The van der Waals surface area contributed by atoms with Crippen LogP contribution in [0.2, 0.25) is 0 Å². The molecular weight excluding hydrogens is 370 g/mol. The lowest BCUT2D eigenvalue weighted by molar-refractivity contribution is 0.0407. The van der Waals surface area contributed by atoms with E-state index >= 15 is 0 Å². The Labute approximate surface area is 170 Å². The first-order chi connectivity index (χ1) is 14.3. The average molecular weight is 397 g/mol. The van der Waals surface area contributed by atoms with Crippen molar-refractivity contribution in [2.45, 2.75) is 25.4 Å². The third kappa shape index (κ3) is 3.97. The number of piperazine rings is 1. The zero-order chi connectivity index (χ0) is 19.6. The Kier molecular flexibility index (Phi) is 5.16. The van der Waals surface area contributed by atoms with Gasteiger partial charge in [-0.25, -0.2) is 0 Å². The fraction of sp³-hybridized carbons (Fsp3) is 0.500. The van der Waals surface area contributed by atoms with Crippen LogP contribution in [0.1, 0.15) is 28.8 Å². The first-order valence-corrected chi connectivity index (χ1v) is 10.4. The first-order valence-electron chi connectivity index (χ1n) is 10.4. The number of piperidine rings is 1. The number of amides is 1. The molecule has 0 bridgehead atoms. The van der Waals surface area contributed by atoms with Crippen molar-refractivity contribution in [3.8, 4) is 11.5 Å². The monoisotopic (exact) mass is 397 g/mol. The van der Waals surface area contributed by atoms with Crippen LogP contribution in [-0.4, -0.2) is 72.7 Å². The van der Waals surface area contributed by atoms with E-state index in [1.54, 1.807) is 18.6 Å². The molecule has 7 heteroatoms. The van der Waals surface area contributed by atoms with Crippen molar-refractivity contribution in [1.29, 1.82) is 0 Å². The normalized spacial score (nSPS) is 22.8. The summed E-state index contributed by atoms with van der Waals surface area (Å²) in [5, 5.41) is 0. The Morgan fingerprint density at radius 2 is 1.90 bits per heavy atom. The van der Waals surface area contributed by atoms with Crippen molar-refractivity contribution in [1.82, 2.24) is 14.7 Å². The topological polar surface area (TPSA) is 58.4 Å². The van der Waals surface area contributed by atoms with Crippen molar-refractivity contribution >= 4 is 5.91 Å². The summed E-state index contributed by atoms with van der Waals surface area (Å²) in [6, 6.07) is 8.42. The highest BCUT2D eigenvalue weighted by Crippen LogP contribution is 2.33. The number of hydrogen-bond acceptors (Lipinski definition) is 6. The number of benzene rings is 1. The van der Waals surface area contributed by atoms with Crippen LogP contribution in [0, 0.1) is 0 Å². The van der Waals surface area contributed by atoms with Crippen LogP contribution in [0.3, 0.4) is 0 Å². The zero-order valence-corrected chi connectivity index (χ0v) is 16.6. The number of rotatable bonds is 4. The van der Waals surface area contributed by atoms with Gasteiger partial charge in [0.2, 0.25) is 6.79 Å². The fourth-order valence-corrected chi connectivity index (χ4v) is 4.59. The fourth-order valence-electron chi connectivity index (χ4n) is 4.59. The maximum absolute atomic E-state index is 12.6. The molecule has 1 atom stereocenters. The van der Waals surface area contributed by atoms with Crippen LogP contribution in [0.25, 0.3) is 0 Å². The summed E-state index contributed by atoms with van der Waals surface area (Å²) in [6.07, 6.45) is 5.33. The molecule has 3 aliphatic rings. The summed E-state index contributed by atoms with van der Waals surface area (Å²) in [6.45, 7) is 7.07. The van der Waals surface area contributed by atoms with Gasteiger partial charge in [-0.3, -0.25) is 14.6 Å². The Morgan fingerprint density at radius 3 is 2.72 bits per heavy atom. The van der Waals surface area contributed by atoms with Gasteiger partial charge < -0.3 is 18.8 Å². The van der Waals surface area contributed by atoms with E-state index in [4.69, 9.17) is 13.9 Å². The minimum Gasteiger partial charge on any atom is -0.472 e. The van der Waals surface area contributed by atoms with E-state index in [-0.39, 0.29) is 5.91 Å². The molecule has 0 spiro atoms. The van der Waals surface area contributed by atoms with Gasteiger partial charge in [-0.15, -0.1) is 0 Å². The largest absolute Gasteiger partial charge is 0.472 e. The first kappa shape index (κ1) is 18.5. The number of likely N-dealkylation sites (tertiary alicyclic amines) is 1. The van der Waals surface area contributed by atoms with Gasteiger partial charge in [-0.05, 0) is 36.6 Å². The number of carbonyl (C=O) groups is 1. The zero-order valence-electron chi connectivity index (χ0n) is 16.6. The lowest BCUT2D eigenvalue weighted by atomic mass is 10.0. The highest BCUT2D eigenvalue weighted by atomic mass is 16.7. The predicted molar refractivity (Wildman–Crippen MR) is 107 cm³/mol. The third-order valence-corrected chi connectivity index (χ3v) is 6.22. The lowest BCUT2D eigenvalue weighted by Crippen LogP contribution is -2.55. The van der Waals surface area contributed by atoms with Crippen molar-refractivity contribution in [2.75, 3.05) is 46.1 Å². The molecule has 3 aliphatic heterocycles. The number of ether oxygens (including phenoxy) is 2. The van der Waals surface area contributed by atoms with Crippen molar-refractivity contribution in [3.05, 3.63) is 47.9 Å². The molecule has 0 radical (unpaired) electrons. The standard InChI is InChI=1S/C22H27N3O4/c26-22(18-5-11-27-15-18)25-6-1-2-19(14-25)24-9-7-23(8-10-24)13-17-3-4-20-21(12-17)29-16-28-20/h3-5,11-12,15,19H,1-2,6-10,13-14,16H2/t19-/m1/s1. The Bertz CT molecular complexity index is 846. The van der Waals surface area contributed by atoms with Gasteiger partial charge in [0.05, 0.1) is 11.8 Å². The molecule has 4 heterocycles. The van der Waals surface area contributed by atoms with Gasteiger partial charge in [-0.2, -0.15) is 0 Å². The molecule has 2 fully saturated rings. The second-order valence-electron chi connectivity index (χ2n) is 8.06. The molecule has 29 heavy (non-hydrogen) atoms. The maximum atomic E-state index is 12.6. The van der Waals surface area contributed by atoms with Gasteiger partial charge in [-0.1, -0.05) is 6.07 Å². The quantitative estimate of drug-likeness (QED) is 0.790. The highest BCUT2D eigenvalue weighted by Gasteiger charge is 2.30. The lowest BCUT2D eigenvalue weighted by Gasteiger charge is -2.43. The highest BCUT2D eigenvalue weighted by molar-refractivity contribution is 5.93. The van der Waals surface area contributed by atoms with Crippen molar-refractivity contribution < 1.29 is 18.7 Å². The van der Waals surface area contributed by atoms with Crippen LogP contribution in [0.4, 0.5) is 0 Å². The smallest absolute Gasteiger partial charge is 0.257 e. The Morgan fingerprint density at radius 1 is 1.03 bits per heavy atom. The van der Waals surface area contributed by atoms with Gasteiger partial charge in [0.15, 0.2) is 11.5 Å². The van der Waals surface area contributed by atoms with E-state index in [0.717, 1.165) is 70.2 Å². The molecular formula is C22H27N3O4. The van der Waals surface area contributed by atoms with E-state index in [2.05, 4.69) is 21.9 Å². The Hall–Kier alpha value is -2.51. The third-order valence-electron chi connectivity index (χ3n) is 6.22. The minimum atomic E-state index is 0.0879. The van der Waals surface area contributed by atoms with Gasteiger partial charge in [0, 0.05) is 51.9 Å². The second kappa shape index (κ2) is 8.08. The summed E-state index contributed by atoms with van der Waals surface area (Å²) >= 11 is 0. The molecule has 0 N–H and O–H groups in total. The number of hydrogen-bond donors (Lipinski definition) is 0. The van der Waals surface area contributed by atoms with E-state index in [0.29, 0.717) is 18.4 Å². The van der Waals surface area contributed by atoms with E-state index in [1.165, 1.54) is 5.56 Å². The number of furan rings is 1. The Balaban J connectivity index is 1.14. The van der Waals surface area contributed by atoms with E-state index in [9.17, 15) is 4.79 Å². The molecule has 5 rings (SSSR count). The van der Waals surface area contributed by atoms with Crippen LogP contribution in [0.5, 0.6) is 11.5 Å². The maximum Gasteiger partial charge on any atom is 0.257 e. The molecule has 154 valence electrons. The molecule has 1 aromatic carbocycles. The predicted octanol–water partition coefficient (Wildman–Crippen LogP) is 2.43. The van der Waals surface area contributed by atoms with Crippen LogP contribution < -0.4 is 9.47 Å². The van der Waals surface area contributed by atoms with Crippen LogP contribution >= 0.6 is 0 Å². The number of fused-ring (bicyclic) bond motifs is 1. The summed E-state index contributed by atoms with van der Waals surface area (Å²) < 4.78 is 16.0. The van der Waals surface area contributed by atoms with Crippen LogP contribution in [-0.2, 0) is 6.54 Å². The van der Waals surface area contributed by atoms with Crippen molar-refractivity contribution in [2.24, 2.45) is 0 Å². The minimum absolute atomic E-state index is 0.0879. The molecule has 7 nitrogen and oxygen atoms in total. The van der Waals surface area contributed by atoms with Gasteiger partial charge >= 0.3 is 0 Å². The van der Waals surface area contributed by atoms with E-state index in [1.807, 2.05) is 11.0 Å². The van der Waals surface area contributed by atoms with Crippen molar-refractivity contribution in [3.63, 3.8) is 0 Å². The van der Waals surface area contributed by atoms with Gasteiger partial charge in [0.1, 0.15) is 6.26 Å². The van der Waals surface area contributed by atoms with Gasteiger partial charge in [0.25, 0.3) is 5.91 Å².